The highest BCUT2D eigenvalue weighted by Gasteiger charge is 2.22. The van der Waals surface area contributed by atoms with E-state index >= 15 is 0 Å². The molecule has 20 heavy (non-hydrogen) atoms. The van der Waals surface area contributed by atoms with Gasteiger partial charge in [0, 0.05) is 18.7 Å². The maximum Gasteiger partial charge on any atom is 0.270 e. The fourth-order valence-corrected chi connectivity index (χ4v) is 3.10. The van der Waals surface area contributed by atoms with E-state index in [0.29, 0.717) is 17.2 Å². The van der Waals surface area contributed by atoms with Crippen LogP contribution >= 0.6 is 11.3 Å². The number of non-ortho nitro benzene ring substituents is 1. The Bertz CT molecular complexity index is 684. The van der Waals surface area contributed by atoms with Gasteiger partial charge >= 0.3 is 0 Å². The highest BCUT2D eigenvalue weighted by Crippen LogP contribution is 2.29. The second kappa shape index (κ2) is 5.04. The number of nitrogens with zero attached hydrogens (tertiary/aromatic N) is 2. The number of nitro groups is 1. The molecule has 3 rings (SSSR count). The van der Waals surface area contributed by atoms with Crippen molar-refractivity contribution in [3.63, 3.8) is 0 Å². The number of piperidine rings is 1. The summed E-state index contributed by atoms with van der Waals surface area (Å²) in [6.07, 6.45) is 1.70. The summed E-state index contributed by atoms with van der Waals surface area (Å²) in [4.78, 5) is 26.3. The molecule has 0 spiro atoms. The van der Waals surface area contributed by atoms with Crippen molar-refractivity contribution in [2.75, 3.05) is 11.9 Å². The first kappa shape index (κ1) is 12.8. The van der Waals surface area contributed by atoms with E-state index < -0.39 is 4.92 Å². The van der Waals surface area contributed by atoms with E-state index in [4.69, 9.17) is 0 Å². The van der Waals surface area contributed by atoms with Gasteiger partial charge in [-0.15, -0.1) is 0 Å². The maximum atomic E-state index is 11.7. The summed E-state index contributed by atoms with van der Waals surface area (Å²) in [5.41, 5.74) is 0.738. The molecule has 8 heteroatoms. The van der Waals surface area contributed by atoms with Crippen LogP contribution < -0.4 is 10.6 Å². The third-order valence-electron chi connectivity index (χ3n) is 3.17. The molecule has 2 heterocycles. The van der Waals surface area contributed by atoms with Gasteiger partial charge < -0.3 is 10.6 Å². The SMILES string of the molecule is O=C1NCCCC1Nc1nc2ccc([N+](=O)[O-])cc2s1. The van der Waals surface area contributed by atoms with Crippen LogP contribution in [0.15, 0.2) is 18.2 Å². The summed E-state index contributed by atoms with van der Waals surface area (Å²) in [7, 11) is 0. The first-order chi connectivity index (χ1) is 9.63. The van der Waals surface area contributed by atoms with Crippen LogP contribution in [0.5, 0.6) is 0 Å². The van der Waals surface area contributed by atoms with Crippen LogP contribution in [0.4, 0.5) is 10.8 Å². The van der Waals surface area contributed by atoms with E-state index in [1.807, 2.05) is 0 Å². The number of aromatic nitrogens is 1. The summed E-state index contributed by atoms with van der Waals surface area (Å²) in [5, 5.41) is 17.2. The Balaban J connectivity index is 1.85. The minimum atomic E-state index is -0.430. The van der Waals surface area contributed by atoms with E-state index in [1.54, 1.807) is 6.07 Å². The molecular weight excluding hydrogens is 280 g/mol. The Hall–Kier alpha value is -2.22. The van der Waals surface area contributed by atoms with Crippen molar-refractivity contribution in [1.82, 2.24) is 10.3 Å². The Labute approximate surface area is 118 Å². The molecule has 0 aliphatic carbocycles. The van der Waals surface area contributed by atoms with Crippen LogP contribution in [-0.4, -0.2) is 28.4 Å². The molecular formula is C12H12N4O3S. The Morgan fingerprint density at radius 2 is 2.35 bits per heavy atom. The summed E-state index contributed by atoms with van der Waals surface area (Å²) in [5.74, 6) is -0.0264. The number of hydrogen-bond acceptors (Lipinski definition) is 6. The van der Waals surface area contributed by atoms with Crippen LogP contribution in [0.25, 0.3) is 10.2 Å². The quantitative estimate of drug-likeness (QED) is 0.665. The number of anilines is 1. The third-order valence-corrected chi connectivity index (χ3v) is 4.12. The van der Waals surface area contributed by atoms with Gasteiger partial charge in [-0.1, -0.05) is 11.3 Å². The Morgan fingerprint density at radius 3 is 3.10 bits per heavy atom. The van der Waals surface area contributed by atoms with Gasteiger partial charge in [-0.3, -0.25) is 14.9 Å². The van der Waals surface area contributed by atoms with E-state index in [0.717, 1.165) is 17.5 Å². The van der Waals surface area contributed by atoms with Crippen LogP contribution in [0.2, 0.25) is 0 Å². The molecule has 2 aromatic rings. The van der Waals surface area contributed by atoms with Crippen molar-refractivity contribution < 1.29 is 9.72 Å². The number of benzene rings is 1. The van der Waals surface area contributed by atoms with Crippen LogP contribution in [0.1, 0.15) is 12.8 Å². The van der Waals surface area contributed by atoms with Gasteiger partial charge in [-0.25, -0.2) is 4.98 Å². The van der Waals surface area contributed by atoms with Gasteiger partial charge in [0.15, 0.2) is 5.13 Å². The molecule has 1 amide bonds. The van der Waals surface area contributed by atoms with Crippen LogP contribution in [-0.2, 0) is 4.79 Å². The number of nitro benzene ring substituents is 1. The highest BCUT2D eigenvalue weighted by atomic mass is 32.1. The molecule has 1 aromatic heterocycles. The molecule has 1 aliphatic rings. The average Bonchev–Trinajstić information content (AvgIpc) is 2.82. The van der Waals surface area contributed by atoms with Crippen LogP contribution in [0.3, 0.4) is 0 Å². The summed E-state index contributed by atoms with van der Waals surface area (Å²) < 4.78 is 0.734. The predicted octanol–water partition coefficient (Wildman–Crippen LogP) is 1.89. The molecule has 0 saturated carbocycles. The van der Waals surface area contributed by atoms with Crippen molar-refractivity contribution in [1.29, 1.82) is 0 Å². The molecule has 1 aromatic carbocycles. The molecule has 2 N–H and O–H groups in total. The number of thiazole rings is 1. The number of nitrogens with one attached hydrogen (secondary N) is 2. The van der Waals surface area contributed by atoms with E-state index in [1.165, 1.54) is 23.5 Å². The zero-order chi connectivity index (χ0) is 14.1. The molecule has 1 atom stereocenters. The lowest BCUT2D eigenvalue weighted by Gasteiger charge is -2.22. The maximum absolute atomic E-state index is 11.7. The number of rotatable bonds is 3. The predicted molar refractivity (Wildman–Crippen MR) is 75.9 cm³/mol. The van der Waals surface area contributed by atoms with Crippen molar-refractivity contribution in [3.05, 3.63) is 28.3 Å². The standard InChI is InChI=1S/C12H12N4O3S/c17-11-9(2-1-5-13-11)15-12-14-8-4-3-7(16(18)19)6-10(8)20-12/h3-4,6,9H,1-2,5H2,(H,13,17)(H,14,15). The zero-order valence-corrected chi connectivity index (χ0v) is 11.3. The number of fused-ring (bicyclic) bond motifs is 1. The van der Waals surface area contributed by atoms with Gasteiger partial charge in [-0.2, -0.15) is 0 Å². The average molecular weight is 292 g/mol. The summed E-state index contributed by atoms with van der Waals surface area (Å²) >= 11 is 1.32. The minimum absolute atomic E-state index is 0.0264. The fourth-order valence-electron chi connectivity index (χ4n) is 2.15. The largest absolute Gasteiger partial charge is 0.354 e. The summed E-state index contributed by atoms with van der Waals surface area (Å²) in [6.45, 7) is 0.711. The summed E-state index contributed by atoms with van der Waals surface area (Å²) in [6, 6.07) is 4.27. The smallest absolute Gasteiger partial charge is 0.270 e. The van der Waals surface area contributed by atoms with Crippen molar-refractivity contribution in [3.8, 4) is 0 Å². The lowest BCUT2D eigenvalue weighted by Crippen LogP contribution is -2.44. The molecule has 0 radical (unpaired) electrons. The molecule has 7 nitrogen and oxygen atoms in total. The third kappa shape index (κ3) is 2.42. The van der Waals surface area contributed by atoms with Gasteiger partial charge in [0.25, 0.3) is 5.69 Å². The lowest BCUT2D eigenvalue weighted by molar-refractivity contribution is -0.384. The molecule has 104 valence electrons. The van der Waals surface area contributed by atoms with Gasteiger partial charge in [-0.05, 0) is 18.9 Å². The monoisotopic (exact) mass is 292 g/mol. The number of amides is 1. The highest BCUT2D eigenvalue weighted by molar-refractivity contribution is 7.22. The number of hydrogen-bond donors (Lipinski definition) is 2. The Morgan fingerprint density at radius 1 is 1.50 bits per heavy atom. The van der Waals surface area contributed by atoms with E-state index in [2.05, 4.69) is 15.6 Å². The zero-order valence-electron chi connectivity index (χ0n) is 10.5. The second-order valence-corrected chi connectivity index (χ2v) is 5.59. The number of carbonyl (C=O) groups is 1. The molecule has 1 aliphatic heterocycles. The van der Waals surface area contributed by atoms with Gasteiger partial charge in [0.2, 0.25) is 5.91 Å². The minimum Gasteiger partial charge on any atom is -0.354 e. The first-order valence-electron chi connectivity index (χ1n) is 6.23. The topological polar surface area (TPSA) is 97.2 Å². The number of carbonyl (C=O) groups excluding carboxylic acids is 1. The second-order valence-electron chi connectivity index (χ2n) is 4.56. The fraction of sp³-hybridized carbons (Fsp3) is 0.333. The normalized spacial score (nSPS) is 18.8. The van der Waals surface area contributed by atoms with E-state index in [9.17, 15) is 14.9 Å². The molecule has 1 fully saturated rings. The molecule has 0 bridgehead atoms. The van der Waals surface area contributed by atoms with Crippen molar-refractivity contribution in [2.45, 2.75) is 18.9 Å². The lowest BCUT2D eigenvalue weighted by atomic mass is 10.1. The van der Waals surface area contributed by atoms with Gasteiger partial charge in [0.1, 0.15) is 6.04 Å². The Kier molecular flexibility index (Phi) is 3.23. The van der Waals surface area contributed by atoms with Gasteiger partial charge in [0.05, 0.1) is 15.1 Å². The molecule has 1 unspecified atom stereocenters. The first-order valence-corrected chi connectivity index (χ1v) is 7.04. The van der Waals surface area contributed by atoms with Crippen LogP contribution in [0, 0.1) is 10.1 Å². The molecule has 1 saturated heterocycles. The van der Waals surface area contributed by atoms with E-state index in [-0.39, 0.29) is 17.6 Å². The van der Waals surface area contributed by atoms with Crippen molar-refractivity contribution in [2.24, 2.45) is 0 Å². The van der Waals surface area contributed by atoms with Crippen molar-refractivity contribution >= 4 is 38.3 Å².